The maximum Gasteiger partial charge on any atom is 0.243 e. The quantitative estimate of drug-likeness (QED) is 0.572. The van der Waals surface area contributed by atoms with Gasteiger partial charge in [-0.2, -0.15) is 4.31 Å². The Kier molecular flexibility index (Phi) is 8.20. The zero-order valence-corrected chi connectivity index (χ0v) is 19.2. The van der Waals surface area contributed by atoms with Gasteiger partial charge >= 0.3 is 0 Å². The molecule has 2 aromatic rings. The molecular weight excluding hydrogens is 405 g/mol. The average Bonchev–Trinajstić information content (AvgIpc) is 3.05. The number of rotatable bonds is 10. The van der Waals surface area contributed by atoms with Crippen molar-refractivity contribution in [3.8, 4) is 0 Å². The van der Waals surface area contributed by atoms with E-state index in [0.29, 0.717) is 13.1 Å². The lowest BCUT2D eigenvalue weighted by Crippen LogP contribution is -2.45. The Morgan fingerprint density at radius 2 is 1.63 bits per heavy atom. The van der Waals surface area contributed by atoms with Gasteiger partial charge in [0.1, 0.15) is 5.82 Å². The van der Waals surface area contributed by atoms with Gasteiger partial charge in [-0.1, -0.05) is 27.7 Å². The molecule has 0 unspecified atom stereocenters. The molecule has 0 aliphatic rings. The smallest absolute Gasteiger partial charge is 0.243 e. The van der Waals surface area contributed by atoms with E-state index in [4.69, 9.17) is 0 Å². The van der Waals surface area contributed by atoms with E-state index in [1.165, 1.54) is 16.4 Å². The van der Waals surface area contributed by atoms with Gasteiger partial charge in [-0.25, -0.2) is 12.8 Å². The molecule has 0 spiro atoms. The molecule has 0 N–H and O–H groups in total. The van der Waals surface area contributed by atoms with Gasteiger partial charge in [-0.15, -0.1) is 0 Å². The number of hydrogen-bond donors (Lipinski definition) is 0. The molecule has 1 heterocycles. The number of aryl methyl sites for hydroxylation is 1. The van der Waals surface area contributed by atoms with Crippen molar-refractivity contribution in [2.45, 2.75) is 39.1 Å². The number of carbonyl (C=O) groups excluding carboxylic acids is 1. The number of nitrogens with zero attached hydrogens (tertiary/aromatic N) is 3. The molecule has 2 rings (SSSR count). The lowest BCUT2D eigenvalue weighted by Gasteiger charge is -2.29. The summed E-state index contributed by atoms with van der Waals surface area (Å²) >= 11 is 0. The standard InChI is InChI=1S/C22H32FN3O3S/c1-17(2)13-25(15-20-7-6-12-24(20)5)22(27)16-26(14-18(3)4)30(28,29)21-10-8-19(23)9-11-21/h6-12,17-18H,13-16H2,1-5H3. The highest BCUT2D eigenvalue weighted by molar-refractivity contribution is 7.89. The normalized spacial score (nSPS) is 12.2. The molecule has 1 amide bonds. The van der Waals surface area contributed by atoms with Gasteiger partial charge in [0.05, 0.1) is 18.0 Å². The third kappa shape index (κ3) is 6.40. The molecule has 1 aromatic heterocycles. The molecule has 0 saturated carbocycles. The Morgan fingerprint density at radius 3 is 2.13 bits per heavy atom. The Balaban J connectivity index is 2.28. The maximum atomic E-state index is 13.3. The van der Waals surface area contributed by atoms with Crippen LogP contribution in [0.1, 0.15) is 33.4 Å². The molecule has 0 saturated heterocycles. The van der Waals surface area contributed by atoms with Crippen LogP contribution in [0.5, 0.6) is 0 Å². The van der Waals surface area contributed by atoms with Crippen LogP contribution in [0.4, 0.5) is 4.39 Å². The summed E-state index contributed by atoms with van der Waals surface area (Å²) in [5, 5.41) is 0. The summed E-state index contributed by atoms with van der Waals surface area (Å²) in [7, 11) is -2.01. The van der Waals surface area contributed by atoms with Gasteiger partial charge in [0.15, 0.2) is 0 Å². The highest BCUT2D eigenvalue weighted by Gasteiger charge is 2.29. The van der Waals surface area contributed by atoms with Gasteiger partial charge in [0.25, 0.3) is 0 Å². The number of aromatic nitrogens is 1. The van der Waals surface area contributed by atoms with E-state index in [-0.39, 0.29) is 35.7 Å². The van der Waals surface area contributed by atoms with Crippen LogP contribution in [0.15, 0.2) is 47.5 Å². The fraction of sp³-hybridized carbons (Fsp3) is 0.500. The van der Waals surface area contributed by atoms with E-state index >= 15 is 0 Å². The summed E-state index contributed by atoms with van der Waals surface area (Å²) in [4.78, 5) is 14.9. The predicted molar refractivity (Wildman–Crippen MR) is 116 cm³/mol. The van der Waals surface area contributed by atoms with E-state index in [2.05, 4.69) is 0 Å². The molecule has 0 atom stereocenters. The minimum atomic E-state index is -3.93. The zero-order valence-electron chi connectivity index (χ0n) is 18.4. The highest BCUT2D eigenvalue weighted by Crippen LogP contribution is 2.19. The lowest BCUT2D eigenvalue weighted by molar-refractivity contribution is -0.132. The first-order valence-corrected chi connectivity index (χ1v) is 11.6. The summed E-state index contributed by atoms with van der Waals surface area (Å²) < 4.78 is 42.7. The van der Waals surface area contributed by atoms with Gasteiger partial charge < -0.3 is 9.47 Å². The number of benzene rings is 1. The molecule has 0 fully saturated rings. The Morgan fingerprint density at radius 1 is 1.03 bits per heavy atom. The van der Waals surface area contributed by atoms with E-state index < -0.39 is 15.8 Å². The zero-order chi connectivity index (χ0) is 22.5. The number of halogens is 1. The predicted octanol–water partition coefficient (Wildman–Crippen LogP) is 3.50. The monoisotopic (exact) mass is 437 g/mol. The van der Waals surface area contributed by atoms with Crippen molar-refractivity contribution in [3.63, 3.8) is 0 Å². The van der Waals surface area contributed by atoms with Crippen LogP contribution < -0.4 is 0 Å². The summed E-state index contributed by atoms with van der Waals surface area (Å²) in [6, 6.07) is 8.56. The van der Waals surface area contributed by atoms with Crippen LogP contribution >= 0.6 is 0 Å². The molecule has 0 aliphatic heterocycles. The fourth-order valence-corrected chi connectivity index (χ4v) is 4.77. The van der Waals surface area contributed by atoms with Crippen LogP contribution in [-0.4, -0.2) is 47.7 Å². The average molecular weight is 438 g/mol. The molecule has 1 aromatic carbocycles. The second-order valence-corrected chi connectivity index (χ2v) is 10.4. The molecule has 0 radical (unpaired) electrons. The molecule has 166 valence electrons. The number of sulfonamides is 1. The topological polar surface area (TPSA) is 62.6 Å². The van der Waals surface area contributed by atoms with Crippen LogP contribution in [0.2, 0.25) is 0 Å². The molecule has 0 aliphatic carbocycles. The molecule has 6 nitrogen and oxygen atoms in total. The van der Waals surface area contributed by atoms with E-state index in [9.17, 15) is 17.6 Å². The molecule has 30 heavy (non-hydrogen) atoms. The van der Waals surface area contributed by atoms with E-state index in [1.807, 2.05) is 57.6 Å². The third-order valence-electron chi connectivity index (χ3n) is 4.67. The first kappa shape index (κ1) is 24.1. The van der Waals surface area contributed by atoms with Crippen LogP contribution in [0, 0.1) is 17.7 Å². The maximum absolute atomic E-state index is 13.3. The fourth-order valence-electron chi connectivity index (χ4n) is 3.21. The van der Waals surface area contributed by atoms with Crippen LogP contribution in [-0.2, 0) is 28.4 Å². The van der Waals surface area contributed by atoms with Crippen molar-refractivity contribution in [2.24, 2.45) is 18.9 Å². The molecule has 0 bridgehead atoms. The number of amides is 1. The largest absolute Gasteiger partial charge is 0.353 e. The van der Waals surface area contributed by atoms with Crippen molar-refractivity contribution in [3.05, 3.63) is 54.1 Å². The summed E-state index contributed by atoms with van der Waals surface area (Å²) in [5.41, 5.74) is 0.973. The summed E-state index contributed by atoms with van der Waals surface area (Å²) in [5.74, 6) is -0.497. The SMILES string of the molecule is CC(C)CN(Cc1cccn1C)C(=O)CN(CC(C)C)S(=O)(=O)c1ccc(F)cc1. The number of hydrogen-bond acceptors (Lipinski definition) is 3. The third-order valence-corrected chi connectivity index (χ3v) is 6.50. The summed E-state index contributed by atoms with van der Waals surface area (Å²) in [6.07, 6.45) is 1.91. The minimum absolute atomic E-state index is 0.0183. The number of carbonyl (C=O) groups is 1. The minimum Gasteiger partial charge on any atom is -0.353 e. The van der Waals surface area contributed by atoms with E-state index in [1.54, 1.807) is 4.90 Å². The van der Waals surface area contributed by atoms with Crippen LogP contribution in [0.3, 0.4) is 0 Å². The second-order valence-electron chi connectivity index (χ2n) is 8.42. The van der Waals surface area contributed by atoms with E-state index in [0.717, 1.165) is 17.8 Å². The van der Waals surface area contributed by atoms with Crippen molar-refractivity contribution in [1.82, 2.24) is 13.8 Å². The van der Waals surface area contributed by atoms with Crippen molar-refractivity contribution >= 4 is 15.9 Å². The van der Waals surface area contributed by atoms with Gasteiger partial charge in [-0.3, -0.25) is 4.79 Å². The Bertz CT molecular complexity index is 937. The van der Waals surface area contributed by atoms with Crippen molar-refractivity contribution in [2.75, 3.05) is 19.6 Å². The first-order valence-electron chi connectivity index (χ1n) is 10.1. The van der Waals surface area contributed by atoms with Gasteiger partial charge in [-0.05, 0) is 48.2 Å². The Hall–Kier alpha value is -2.19. The van der Waals surface area contributed by atoms with Crippen molar-refractivity contribution in [1.29, 1.82) is 0 Å². The highest BCUT2D eigenvalue weighted by atomic mass is 32.2. The molecule has 8 heteroatoms. The van der Waals surface area contributed by atoms with Crippen LogP contribution in [0.25, 0.3) is 0 Å². The Labute approximate surface area is 179 Å². The first-order chi connectivity index (χ1) is 14.0. The molecular formula is C22H32FN3O3S. The second kappa shape index (κ2) is 10.2. The van der Waals surface area contributed by atoms with Crippen molar-refractivity contribution < 1.29 is 17.6 Å². The van der Waals surface area contributed by atoms with Gasteiger partial charge in [0.2, 0.25) is 15.9 Å². The summed E-state index contributed by atoms with van der Waals surface area (Å²) in [6.45, 7) is 8.71. The van der Waals surface area contributed by atoms with Gasteiger partial charge in [0, 0.05) is 32.0 Å². The lowest BCUT2D eigenvalue weighted by atomic mass is 10.2.